The first-order valence-electron chi connectivity index (χ1n) is 14.9. The van der Waals surface area contributed by atoms with Crippen LogP contribution < -0.4 is 0 Å². The summed E-state index contributed by atoms with van der Waals surface area (Å²) in [6.07, 6.45) is 0.961. The van der Waals surface area contributed by atoms with Crippen LogP contribution in [0.25, 0.3) is 72.8 Å². The van der Waals surface area contributed by atoms with Gasteiger partial charge in [0, 0.05) is 33.2 Å². The topological polar surface area (TPSA) is 43.6 Å². The van der Waals surface area contributed by atoms with Crippen LogP contribution in [0.15, 0.2) is 146 Å². The second kappa shape index (κ2) is 9.85. The summed E-state index contributed by atoms with van der Waals surface area (Å²) in [4.78, 5) is 14.7. The normalized spacial score (nSPS) is 12.0. The van der Waals surface area contributed by atoms with Crippen molar-refractivity contribution in [1.82, 2.24) is 19.5 Å². The molecule has 0 saturated carbocycles. The zero-order valence-corrected chi connectivity index (χ0v) is 23.9. The summed E-state index contributed by atoms with van der Waals surface area (Å²) >= 11 is 0. The van der Waals surface area contributed by atoms with Crippen LogP contribution in [0.3, 0.4) is 0 Å². The fourth-order valence-corrected chi connectivity index (χ4v) is 6.67. The van der Waals surface area contributed by atoms with Gasteiger partial charge in [-0.3, -0.25) is 0 Å². The molecule has 9 rings (SSSR count). The number of rotatable bonds is 4. The highest BCUT2D eigenvalue weighted by Gasteiger charge is 2.24. The molecule has 0 atom stereocenters. The summed E-state index contributed by atoms with van der Waals surface area (Å²) in [7, 11) is 0. The molecule has 8 aromatic rings. The van der Waals surface area contributed by atoms with Crippen LogP contribution in [0.2, 0.25) is 0 Å². The summed E-state index contributed by atoms with van der Waals surface area (Å²) < 4.78 is 2.38. The maximum atomic E-state index is 4.92. The van der Waals surface area contributed by atoms with Gasteiger partial charge in [0.15, 0.2) is 17.5 Å². The lowest BCUT2D eigenvalue weighted by atomic mass is 10.0. The lowest BCUT2D eigenvalue weighted by molar-refractivity contribution is 1.07. The Labute approximate surface area is 255 Å². The van der Waals surface area contributed by atoms with Crippen molar-refractivity contribution in [3.63, 3.8) is 0 Å². The largest absolute Gasteiger partial charge is 0.309 e. The van der Waals surface area contributed by atoms with E-state index in [1.165, 1.54) is 44.1 Å². The molecule has 2 heterocycles. The predicted octanol–water partition coefficient (Wildman–Crippen LogP) is 9.54. The van der Waals surface area contributed by atoms with Crippen molar-refractivity contribution in [2.75, 3.05) is 0 Å². The number of nitrogens with zero attached hydrogens (tertiary/aromatic N) is 4. The SMILES string of the molecule is c1ccc(-c2nc(-c3ccccc3)nc(-c3ccc(-n4c5ccccc5c5c6c(ccc54)-c4ccccc4C6)cc3)n2)cc1. The minimum absolute atomic E-state index is 0.655. The van der Waals surface area contributed by atoms with Gasteiger partial charge in [0.1, 0.15) is 0 Å². The molecule has 1 aliphatic rings. The Bertz CT molecular complexity index is 2280. The summed E-state index contributed by atoms with van der Waals surface area (Å²) in [6, 6.07) is 50.9. The van der Waals surface area contributed by atoms with Crippen molar-refractivity contribution >= 4 is 21.8 Å². The van der Waals surface area contributed by atoms with Crippen molar-refractivity contribution in [2.24, 2.45) is 0 Å². The Balaban J connectivity index is 1.19. The molecule has 0 N–H and O–H groups in total. The Kier molecular flexibility index (Phi) is 5.53. The molecule has 44 heavy (non-hydrogen) atoms. The Morgan fingerprint density at radius 1 is 0.432 bits per heavy atom. The van der Waals surface area contributed by atoms with Gasteiger partial charge < -0.3 is 4.57 Å². The first-order chi connectivity index (χ1) is 21.8. The van der Waals surface area contributed by atoms with E-state index >= 15 is 0 Å². The van der Waals surface area contributed by atoms with Crippen molar-refractivity contribution < 1.29 is 0 Å². The molecular formula is C40H26N4. The minimum Gasteiger partial charge on any atom is -0.309 e. The van der Waals surface area contributed by atoms with Crippen molar-refractivity contribution in [2.45, 2.75) is 6.42 Å². The molecule has 0 spiro atoms. The summed E-state index contributed by atoms with van der Waals surface area (Å²) in [5.41, 5.74) is 11.9. The van der Waals surface area contributed by atoms with E-state index in [9.17, 15) is 0 Å². The smallest absolute Gasteiger partial charge is 0.164 e. The molecule has 0 aliphatic heterocycles. The number of aromatic nitrogens is 4. The molecule has 0 fully saturated rings. The molecule has 0 radical (unpaired) electrons. The van der Waals surface area contributed by atoms with Crippen molar-refractivity contribution in [3.8, 4) is 51.0 Å². The monoisotopic (exact) mass is 562 g/mol. The Morgan fingerprint density at radius 3 is 1.68 bits per heavy atom. The molecule has 206 valence electrons. The van der Waals surface area contributed by atoms with Gasteiger partial charge in [0.25, 0.3) is 0 Å². The average Bonchev–Trinajstić information content (AvgIpc) is 3.65. The van der Waals surface area contributed by atoms with Crippen LogP contribution in [0.4, 0.5) is 0 Å². The Morgan fingerprint density at radius 2 is 1.00 bits per heavy atom. The van der Waals surface area contributed by atoms with E-state index in [1.54, 1.807) is 0 Å². The lowest BCUT2D eigenvalue weighted by Crippen LogP contribution is -2.00. The summed E-state index contributed by atoms with van der Waals surface area (Å²) in [5, 5.41) is 2.63. The molecule has 1 aliphatic carbocycles. The molecule has 0 saturated heterocycles. The van der Waals surface area contributed by atoms with Gasteiger partial charge in [-0.25, -0.2) is 15.0 Å². The van der Waals surface area contributed by atoms with E-state index in [-0.39, 0.29) is 0 Å². The predicted molar refractivity (Wildman–Crippen MR) is 179 cm³/mol. The van der Waals surface area contributed by atoms with Gasteiger partial charge in [-0.15, -0.1) is 0 Å². The highest BCUT2D eigenvalue weighted by atomic mass is 15.0. The van der Waals surface area contributed by atoms with Gasteiger partial charge in [0.05, 0.1) is 11.0 Å². The molecular weight excluding hydrogens is 536 g/mol. The number of hydrogen-bond acceptors (Lipinski definition) is 3. The third-order valence-electron chi connectivity index (χ3n) is 8.70. The van der Waals surface area contributed by atoms with Gasteiger partial charge in [-0.1, -0.05) is 109 Å². The summed E-state index contributed by atoms with van der Waals surface area (Å²) in [6.45, 7) is 0. The highest BCUT2D eigenvalue weighted by Crippen LogP contribution is 2.44. The zero-order valence-electron chi connectivity index (χ0n) is 23.9. The number of fused-ring (bicyclic) bond motifs is 7. The van der Waals surface area contributed by atoms with E-state index in [4.69, 9.17) is 15.0 Å². The fraction of sp³-hybridized carbons (Fsp3) is 0.0250. The van der Waals surface area contributed by atoms with Gasteiger partial charge in [0.2, 0.25) is 0 Å². The third-order valence-corrected chi connectivity index (χ3v) is 8.70. The molecule has 0 amide bonds. The molecule has 6 aromatic carbocycles. The van der Waals surface area contributed by atoms with Gasteiger partial charge in [-0.2, -0.15) is 0 Å². The average molecular weight is 563 g/mol. The Hall–Kier alpha value is -5.87. The number of benzene rings is 6. The van der Waals surface area contributed by atoms with Crippen LogP contribution in [0.1, 0.15) is 11.1 Å². The van der Waals surface area contributed by atoms with E-state index < -0.39 is 0 Å². The van der Waals surface area contributed by atoms with Crippen molar-refractivity contribution in [3.05, 3.63) is 157 Å². The molecule has 0 bridgehead atoms. The van der Waals surface area contributed by atoms with E-state index in [0.717, 1.165) is 28.8 Å². The number of hydrogen-bond donors (Lipinski definition) is 0. The van der Waals surface area contributed by atoms with Crippen LogP contribution >= 0.6 is 0 Å². The highest BCUT2D eigenvalue weighted by molar-refractivity contribution is 6.13. The quantitative estimate of drug-likeness (QED) is 0.215. The third kappa shape index (κ3) is 3.89. The lowest BCUT2D eigenvalue weighted by Gasteiger charge is -2.11. The zero-order chi connectivity index (χ0) is 29.0. The molecule has 2 aromatic heterocycles. The van der Waals surface area contributed by atoms with E-state index in [2.05, 4.69) is 89.5 Å². The first-order valence-corrected chi connectivity index (χ1v) is 14.9. The fourth-order valence-electron chi connectivity index (χ4n) is 6.67. The minimum atomic E-state index is 0.655. The van der Waals surface area contributed by atoms with Crippen LogP contribution in [-0.2, 0) is 6.42 Å². The van der Waals surface area contributed by atoms with E-state index in [1.807, 2.05) is 60.7 Å². The van der Waals surface area contributed by atoms with Gasteiger partial charge >= 0.3 is 0 Å². The summed E-state index contributed by atoms with van der Waals surface area (Å²) in [5.74, 6) is 1.98. The molecule has 0 unspecified atom stereocenters. The first kappa shape index (κ1) is 24.7. The standard InChI is InChI=1S/C40H26N4/c1-3-11-26(12-4-1)38-41-39(27-13-5-2-6-14-27)43-40(42-38)28-19-21-30(22-20-28)44-35-18-10-9-17-33(35)37-34-25-29-15-7-8-16-31(29)32(34)23-24-36(37)44/h1-24H,25H2. The maximum Gasteiger partial charge on any atom is 0.164 e. The maximum absolute atomic E-state index is 4.92. The number of para-hydroxylation sites is 1. The second-order valence-corrected chi connectivity index (χ2v) is 11.3. The van der Waals surface area contributed by atoms with Crippen LogP contribution in [-0.4, -0.2) is 19.5 Å². The van der Waals surface area contributed by atoms with E-state index in [0.29, 0.717) is 17.5 Å². The van der Waals surface area contributed by atoms with Crippen LogP contribution in [0.5, 0.6) is 0 Å². The van der Waals surface area contributed by atoms with Crippen molar-refractivity contribution in [1.29, 1.82) is 0 Å². The van der Waals surface area contributed by atoms with Crippen LogP contribution in [0, 0.1) is 0 Å². The van der Waals surface area contributed by atoms with Gasteiger partial charge in [-0.05, 0) is 65.1 Å². The second-order valence-electron chi connectivity index (χ2n) is 11.3. The molecule has 4 nitrogen and oxygen atoms in total. The molecule has 4 heteroatoms.